The van der Waals surface area contributed by atoms with Crippen molar-refractivity contribution in [3.05, 3.63) is 0 Å². The molecule has 4 atom stereocenters. The fourth-order valence-corrected chi connectivity index (χ4v) is 2.57. The minimum Gasteiger partial charge on any atom is -0.389 e. The van der Waals surface area contributed by atoms with Gasteiger partial charge >= 0.3 is 0 Å². The Morgan fingerprint density at radius 1 is 0.889 bits per heavy atom. The predicted octanol–water partition coefficient (Wildman–Crippen LogP) is 1.18. The van der Waals surface area contributed by atoms with E-state index in [1.165, 1.54) is 38.5 Å². The van der Waals surface area contributed by atoms with Crippen LogP contribution in [-0.4, -0.2) is 46.2 Å². The zero-order chi connectivity index (χ0) is 13.4. The first-order valence-corrected chi connectivity index (χ1v) is 7.44. The van der Waals surface area contributed by atoms with Gasteiger partial charge in [-0.25, -0.2) is 0 Å². The third-order valence-electron chi connectivity index (χ3n) is 3.86. The van der Waals surface area contributed by atoms with Gasteiger partial charge in [-0.15, -0.1) is 0 Å². The predicted molar refractivity (Wildman–Crippen MR) is 72.4 cm³/mol. The van der Waals surface area contributed by atoms with E-state index >= 15 is 0 Å². The number of piperidine rings is 1. The molecular weight excluding hydrogens is 230 g/mol. The summed E-state index contributed by atoms with van der Waals surface area (Å²) in [6.07, 6.45) is 6.94. The highest BCUT2D eigenvalue weighted by atomic mass is 16.4. The van der Waals surface area contributed by atoms with Crippen molar-refractivity contribution in [2.75, 3.05) is 6.54 Å². The first-order valence-electron chi connectivity index (χ1n) is 7.44. The topological polar surface area (TPSA) is 72.7 Å². The molecule has 0 spiro atoms. The van der Waals surface area contributed by atoms with Crippen LogP contribution in [0.25, 0.3) is 0 Å². The lowest BCUT2D eigenvalue weighted by Crippen LogP contribution is -2.59. The number of aliphatic hydroxyl groups excluding tert-OH is 3. The highest BCUT2D eigenvalue weighted by Crippen LogP contribution is 2.16. The number of hydrogen-bond acceptors (Lipinski definition) is 4. The molecule has 0 amide bonds. The van der Waals surface area contributed by atoms with E-state index in [0.717, 1.165) is 12.8 Å². The maximum absolute atomic E-state index is 9.81. The molecule has 0 aromatic heterocycles. The molecule has 18 heavy (non-hydrogen) atoms. The molecule has 2 unspecified atom stereocenters. The van der Waals surface area contributed by atoms with E-state index in [-0.39, 0.29) is 6.04 Å². The van der Waals surface area contributed by atoms with Gasteiger partial charge in [0.2, 0.25) is 0 Å². The van der Waals surface area contributed by atoms with Crippen molar-refractivity contribution in [1.29, 1.82) is 0 Å². The summed E-state index contributed by atoms with van der Waals surface area (Å²) in [7, 11) is 0. The van der Waals surface area contributed by atoms with Gasteiger partial charge in [0.1, 0.15) is 6.10 Å². The van der Waals surface area contributed by atoms with Gasteiger partial charge in [-0.2, -0.15) is 0 Å². The summed E-state index contributed by atoms with van der Waals surface area (Å²) in [5.41, 5.74) is 0. The lowest BCUT2D eigenvalue weighted by molar-refractivity contribution is -0.0952. The van der Waals surface area contributed by atoms with Crippen LogP contribution in [0.5, 0.6) is 0 Å². The molecule has 0 aromatic carbocycles. The van der Waals surface area contributed by atoms with Crippen molar-refractivity contribution in [3.63, 3.8) is 0 Å². The van der Waals surface area contributed by atoms with Crippen LogP contribution in [0.4, 0.5) is 0 Å². The third-order valence-corrected chi connectivity index (χ3v) is 3.86. The van der Waals surface area contributed by atoms with E-state index in [1.807, 2.05) is 0 Å². The fraction of sp³-hybridized carbons (Fsp3) is 1.00. The third kappa shape index (κ3) is 5.22. The van der Waals surface area contributed by atoms with Crippen molar-refractivity contribution in [1.82, 2.24) is 5.32 Å². The summed E-state index contributed by atoms with van der Waals surface area (Å²) in [5, 5.41) is 31.9. The molecule has 1 saturated heterocycles. The molecule has 1 aliphatic heterocycles. The highest BCUT2D eigenvalue weighted by molar-refractivity contribution is 4.91. The van der Waals surface area contributed by atoms with E-state index < -0.39 is 18.3 Å². The van der Waals surface area contributed by atoms with Crippen LogP contribution in [0.1, 0.15) is 58.3 Å². The van der Waals surface area contributed by atoms with Crippen molar-refractivity contribution in [2.45, 2.75) is 82.6 Å². The van der Waals surface area contributed by atoms with Crippen molar-refractivity contribution < 1.29 is 15.3 Å². The van der Waals surface area contributed by atoms with Crippen molar-refractivity contribution >= 4 is 0 Å². The molecule has 1 heterocycles. The smallest absolute Gasteiger partial charge is 0.108 e. The summed E-state index contributed by atoms with van der Waals surface area (Å²) < 4.78 is 0. The second kappa shape index (κ2) is 8.86. The molecule has 0 saturated carbocycles. The lowest BCUT2D eigenvalue weighted by atomic mass is 9.92. The van der Waals surface area contributed by atoms with Gasteiger partial charge in [0.25, 0.3) is 0 Å². The average Bonchev–Trinajstić information content (AvgIpc) is 2.37. The maximum Gasteiger partial charge on any atom is 0.108 e. The number of aliphatic hydroxyl groups is 3. The fourth-order valence-electron chi connectivity index (χ4n) is 2.57. The number of unbranched alkanes of at least 4 members (excludes halogenated alkanes) is 6. The molecule has 0 aromatic rings. The van der Waals surface area contributed by atoms with E-state index in [2.05, 4.69) is 12.2 Å². The van der Waals surface area contributed by atoms with E-state index in [0.29, 0.717) is 6.54 Å². The molecule has 4 nitrogen and oxygen atoms in total. The van der Waals surface area contributed by atoms with Gasteiger partial charge < -0.3 is 20.6 Å². The Bertz CT molecular complexity index is 213. The number of rotatable bonds is 8. The van der Waals surface area contributed by atoms with Gasteiger partial charge in [0, 0.05) is 12.6 Å². The summed E-state index contributed by atoms with van der Waals surface area (Å²) in [4.78, 5) is 0. The molecule has 1 fully saturated rings. The summed E-state index contributed by atoms with van der Waals surface area (Å²) in [5.74, 6) is 0. The summed E-state index contributed by atoms with van der Waals surface area (Å²) in [6, 6.07) is -0.0703. The van der Waals surface area contributed by atoms with Gasteiger partial charge in [0.15, 0.2) is 0 Å². The van der Waals surface area contributed by atoms with E-state index in [9.17, 15) is 15.3 Å². The van der Waals surface area contributed by atoms with Crippen LogP contribution in [0, 0.1) is 0 Å². The first-order chi connectivity index (χ1) is 8.66. The van der Waals surface area contributed by atoms with Gasteiger partial charge in [-0.05, 0) is 6.42 Å². The minimum atomic E-state index is -0.999. The average molecular weight is 259 g/mol. The molecule has 0 bridgehead atoms. The Morgan fingerprint density at radius 2 is 1.50 bits per heavy atom. The highest BCUT2D eigenvalue weighted by Gasteiger charge is 2.35. The van der Waals surface area contributed by atoms with Crippen LogP contribution < -0.4 is 5.32 Å². The Kier molecular flexibility index (Phi) is 7.82. The largest absolute Gasteiger partial charge is 0.389 e. The number of β-amino-alcohol motifs (C(OH)–C–C–N with tert-alkyl or cyclic N) is 1. The SMILES string of the molecule is CCCCCCCCC[C@H]1NC[C@@H](O)C(O)C1O. The monoisotopic (exact) mass is 259 g/mol. The van der Waals surface area contributed by atoms with Crippen LogP contribution in [0.15, 0.2) is 0 Å². The molecular formula is C14H29NO3. The second-order valence-corrected chi connectivity index (χ2v) is 5.47. The minimum absolute atomic E-state index is 0.0703. The standard InChI is InChI=1S/C14H29NO3/c1-2-3-4-5-6-7-8-9-11-13(17)14(18)12(16)10-15-11/h11-18H,2-10H2,1H3/t11-,12-,13?,14?/m1/s1. The molecule has 1 rings (SSSR count). The Labute approximate surface area is 110 Å². The van der Waals surface area contributed by atoms with Crippen LogP contribution >= 0.6 is 0 Å². The first kappa shape index (κ1) is 15.9. The molecule has 4 N–H and O–H groups in total. The summed E-state index contributed by atoms with van der Waals surface area (Å²) in [6.45, 7) is 2.59. The van der Waals surface area contributed by atoms with Gasteiger partial charge in [0.05, 0.1) is 12.2 Å². The van der Waals surface area contributed by atoms with Crippen molar-refractivity contribution in [2.24, 2.45) is 0 Å². The van der Waals surface area contributed by atoms with E-state index in [4.69, 9.17) is 0 Å². The Balaban J connectivity index is 2.05. The normalized spacial score (nSPS) is 32.7. The lowest BCUT2D eigenvalue weighted by Gasteiger charge is -2.36. The molecule has 4 heteroatoms. The van der Waals surface area contributed by atoms with E-state index in [1.54, 1.807) is 0 Å². The Morgan fingerprint density at radius 3 is 2.17 bits per heavy atom. The molecule has 108 valence electrons. The number of nitrogens with one attached hydrogen (secondary N) is 1. The maximum atomic E-state index is 9.81. The molecule has 0 radical (unpaired) electrons. The molecule has 0 aliphatic carbocycles. The zero-order valence-electron chi connectivity index (χ0n) is 11.5. The second-order valence-electron chi connectivity index (χ2n) is 5.47. The number of hydrogen-bond donors (Lipinski definition) is 4. The summed E-state index contributed by atoms with van der Waals surface area (Å²) >= 11 is 0. The van der Waals surface area contributed by atoms with Gasteiger partial charge in [-0.3, -0.25) is 0 Å². The zero-order valence-corrected chi connectivity index (χ0v) is 11.5. The van der Waals surface area contributed by atoms with Crippen LogP contribution in [-0.2, 0) is 0 Å². The quantitative estimate of drug-likeness (QED) is 0.494. The van der Waals surface area contributed by atoms with Crippen LogP contribution in [0.2, 0.25) is 0 Å². The Hall–Kier alpha value is -0.160. The van der Waals surface area contributed by atoms with Gasteiger partial charge in [-0.1, -0.05) is 51.9 Å². The van der Waals surface area contributed by atoms with Crippen molar-refractivity contribution in [3.8, 4) is 0 Å². The molecule has 1 aliphatic rings. The van der Waals surface area contributed by atoms with Crippen LogP contribution in [0.3, 0.4) is 0 Å².